The normalized spacial score (nSPS) is 10.4. The number of carbonyl (C=O) groups is 1. The van der Waals surface area contributed by atoms with E-state index in [9.17, 15) is 4.79 Å². The monoisotopic (exact) mass is 302 g/mol. The molecule has 0 unspecified atom stereocenters. The van der Waals surface area contributed by atoms with Gasteiger partial charge in [0.15, 0.2) is 11.0 Å². The molecule has 0 saturated heterocycles. The molecule has 0 aliphatic heterocycles. The maximum Gasteiger partial charge on any atom is 0.232 e. The van der Waals surface area contributed by atoms with Crippen molar-refractivity contribution in [3.05, 3.63) is 43.0 Å². The highest BCUT2D eigenvalue weighted by Gasteiger charge is 2.15. The number of amides is 1. The molecule has 0 bridgehead atoms. The van der Waals surface area contributed by atoms with Crippen molar-refractivity contribution in [3.8, 4) is 11.4 Å². The van der Waals surface area contributed by atoms with Crippen LogP contribution in [-0.2, 0) is 11.3 Å². The number of allylic oxidation sites excluding steroid dienone is 1. The zero-order chi connectivity index (χ0) is 15.2. The van der Waals surface area contributed by atoms with Crippen LogP contribution in [0.4, 0.5) is 0 Å². The Balaban J connectivity index is 2.25. The molecule has 0 radical (unpaired) electrons. The summed E-state index contributed by atoms with van der Waals surface area (Å²) in [4.78, 5) is 13.3. The fraction of sp³-hybridized carbons (Fsp3) is 0.267. The lowest BCUT2D eigenvalue weighted by atomic mass is 10.2. The Morgan fingerprint density at radius 3 is 2.67 bits per heavy atom. The minimum atomic E-state index is 0.0504. The van der Waals surface area contributed by atoms with E-state index in [1.807, 2.05) is 34.9 Å². The molecule has 1 heterocycles. The second-order valence-corrected chi connectivity index (χ2v) is 5.59. The van der Waals surface area contributed by atoms with Gasteiger partial charge < -0.3 is 4.90 Å². The SMILES string of the molecule is C=CCn1c(SCC(=O)N(C)C)nnc1-c1ccccc1. The van der Waals surface area contributed by atoms with Gasteiger partial charge in [-0.3, -0.25) is 9.36 Å². The quantitative estimate of drug-likeness (QED) is 0.607. The van der Waals surface area contributed by atoms with Gasteiger partial charge in [-0.1, -0.05) is 48.2 Å². The molecule has 6 heteroatoms. The molecule has 1 aromatic carbocycles. The van der Waals surface area contributed by atoms with Crippen LogP contribution in [0.1, 0.15) is 0 Å². The highest BCUT2D eigenvalue weighted by atomic mass is 32.2. The smallest absolute Gasteiger partial charge is 0.232 e. The van der Waals surface area contributed by atoms with E-state index >= 15 is 0 Å². The lowest BCUT2D eigenvalue weighted by Crippen LogP contribution is -2.23. The first-order valence-corrected chi connectivity index (χ1v) is 7.54. The highest BCUT2D eigenvalue weighted by molar-refractivity contribution is 7.99. The maximum absolute atomic E-state index is 11.7. The molecule has 2 rings (SSSR count). The Kier molecular flexibility index (Phi) is 5.16. The van der Waals surface area contributed by atoms with Gasteiger partial charge in [0, 0.05) is 26.2 Å². The van der Waals surface area contributed by atoms with Crippen molar-refractivity contribution in [2.45, 2.75) is 11.7 Å². The lowest BCUT2D eigenvalue weighted by Gasteiger charge is -2.10. The number of hydrogen-bond acceptors (Lipinski definition) is 4. The largest absolute Gasteiger partial charge is 0.348 e. The van der Waals surface area contributed by atoms with Crippen molar-refractivity contribution in [1.29, 1.82) is 0 Å². The minimum Gasteiger partial charge on any atom is -0.348 e. The summed E-state index contributed by atoms with van der Waals surface area (Å²) in [6, 6.07) is 9.87. The Labute approximate surface area is 128 Å². The van der Waals surface area contributed by atoms with Crippen LogP contribution < -0.4 is 0 Å². The first-order chi connectivity index (χ1) is 10.1. The minimum absolute atomic E-state index is 0.0504. The first kappa shape index (κ1) is 15.3. The van der Waals surface area contributed by atoms with E-state index < -0.39 is 0 Å². The summed E-state index contributed by atoms with van der Waals surface area (Å²) in [7, 11) is 3.49. The van der Waals surface area contributed by atoms with Gasteiger partial charge in [0.1, 0.15) is 0 Å². The van der Waals surface area contributed by atoms with E-state index in [1.54, 1.807) is 25.1 Å². The summed E-state index contributed by atoms with van der Waals surface area (Å²) in [5.41, 5.74) is 0.998. The van der Waals surface area contributed by atoms with Gasteiger partial charge in [-0.05, 0) is 0 Å². The molecule has 5 nitrogen and oxygen atoms in total. The molecule has 0 aliphatic carbocycles. The predicted molar refractivity (Wildman–Crippen MR) is 85.1 cm³/mol. The highest BCUT2D eigenvalue weighted by Crippen LogP contribution is 2.23. The van der Waals surface area contributed by atoms with E-state index in [2.05, 4.69) is 16.8 Å². The molecular formula is C15H18N4OS. The number of rotatable bonds is 6. The zero-order valence-electron chi connectivity index (χ0n) is 12.2. The van der Waals surface area contributed by atoms with E-state index in [0.717, 1.165) is 16.5 Å². The Morgan fingerprint density at radius 2 is 2.05 bits per heavy atom. The van der Waals surface area contributed by atoms with Gasteiger partial charge in [0.05, 0.1) is 5.75 Å². The van der Waals surface area contributed by atoms with Crippen LogP contribution in [0.2, 0.25) is 0 Å². The molecule has 110 valence electrons. The molecule has 0 fully saturated rings. The van der Waals surface area contributed by atoms with Crippen molar-refractivity contribution in [1.82, 2.24) is 19.7 Å². The molecule has 1 aromatic heterocycles. The third kappa shape index (κ3) is 3.72. The number of nitrogens with zero attached hydrogens (tertiary/aromatic N) is 4. The molecule has 0 aliphatic rings. The van der Waals surface area contributed by atoms with Crippen molar-refractivity contribution < 1.29 is 4.79 Å². The third-order valence-electron chi connectivity index (χ3n) is 2.88. The van der Waals surface area contributed by atoms with Crippen molar-refractivity contribution >= 4 is 17.7 Å². The molecule has 0 saturated carbocycles. The molecule has 0 spiro atoms. The third-order valence-corrected chi connectivity index (χ3v) is 3.84. The average molecular weight is 302 g/mol. The van der Waals surface area contributed by atoms with Crippen LogP contribution >= 0.6 is 11.8 Å². The van der Waals surface area contributed by atoms with Crippen LogP contribution in [0.15, 0.2) is 48.1 Å². The van der Waals surface area contributed by atoms with Gasteiger partial charge in [0.25, 0.3) is 0 Å². The number of hydrogen-bond donors (Lipinski definition) is 0. The molecule has 1 amide bonds. The number of benzene rings is 1. The molecule has 2 aromatic rings. The molecular weight excluding hydrogens is 284 g/mol. The molecule has 0 N–H and O–H groups in total. The van der Waals surface area contributed by atoms with Crippen molar-refractivity contribution in [2.75, 3.05) is 19.8 Å². The summed E-state index contributed by atoms with van der Waals surface area (Å²) in [5.74, 6) is 1.18. The summed E-state index contributed by atoms with van der Waals surface area (Å²) >= 11 is 1.39. The number of aromatic nitrogens is 3. The van der Waals surface area contributed by atoms with Gasteiger partial charge in [-0.2, -0.15) is 0 Å². The fourth-order valence-electron chi connectivity index (χ4n) is 1.75. The van der Waals surface area contributed by atoms with Crippen LogP contribution in [0.3, 0.4) is 0 Å². The van der Waals surface area contributed by atoms with Crippen molar-refractivity contribution in [2.24, 2.45) is 0 Å². The maximum atomic E-state index is 11.7. The summed E-state index contributed by atoms with van der Waals surface area (Å²) < 4.78 is 1.97. The second kappa shape index (κ2) is 7.08. The van der Waals surface area contributed by atoms with E-state index in [0.29, 0.717) is 12.3 Å². The topological polar surface area (TPSA) is 51.0 Å². The summed E-state index contributed by atoms with van der Waals surface area (Å²) in [5, 5.41) is 9.17. The van der Waals surface area contributed by atoms with Gasteiger partial charge in [-0.25, -0.2) is 0 Å². The number of thioether (sulfide) groups is 1. The standard InChI is InChI=1S/C15H18N4OS/c1-4-10-19-14(12-8-6-5-7-9-12)16-17-15(19)21-11-13(20)18(2)3/h4-9H,1,10-11H2,2-3H3. The lowest BCUT2D eigenvalue weighted by molar-refractivity contribution is -0.125. The Hall–Kier alpha value is -2.08. The van der Waals surface area contributed by atoms with Gasteiger partial charge >= 0.3 is 0 Å². The second-order valence-electron chi connectivity index (χ2n) is 4.65. The van der Waals surface area contributed by atoms with E-state index in [4.69, 9.17) is 0 Å². The molecule has 21 heavy (non-hydrogen) atoms. The van der Waals surface area contributed by atoms with Crippen LogP contribution in [0.25, 0.3) is 11.4 Å². The predicted octanol–water partition coefficient (Wildman–Crippen LogP) is 2.31. The van der Waals surface area contributed by atoms with Crippen LogP contribution in [0.5, 0.6) is 0 Å². The van der Waals surface area contributed by atoms with E-state index in [1.165, 1.54) is 11.8 Å². The summed E-state index contributed by atoms with van der Waals surface area (Å²) in [6.45, 7) is 4.38. The number of carbonyl (C=O) groups excluding carboxylic acids is 1. The molecule has 0 atom stereocenters. The zero-order valence-corrected chi connectivity index (χ0v) is 13.0. The van der Waals surface area contributed by atoms with Crippen LogP contribution in [0, 0.1) is 0 Å². The van der Waals surface area contributed by atoms with Crippen LogP contribution in [-0.4, -0.2) is 45.4 Å². The average Bonchev–Trinajstić information content (AvgIpc) is 2.89. The van der Waals surface area contributed by atoms with Gasteiger partial charge in [0.2, 0.25) is 5.91 Å². The Bertz CT molecular complexity index is 622. The fourth-order valence-corrected chi connectivity index (χ4v) is 2.67. The summed E-state index contributed by atoms with van der Waals surface area (Å²) in [6.07, 6.45) is 1.80. The first-order valence-electron chi connectivity index (χ1n) is 6.56. The van der Waals surface area contributed by atoms with Crippen molar-refractivity contribution in [3.63, 3.8) is 0 Å². The van der Waals surface area contributed by atoms with Gasteiger partial charge in [-0.15, -0.1) is 16.8 Å². The Morgan fingerprint density at radius 1 is 1.33 bits per heavy atom. The van der Waals surface area contributed by atoms with E-state index in [-0.39, 0.29) is 5.91 Å².